The first-order valence-corrected chi connectivity index (χ1v) is 5.13. The Hall–Kier alpha value is -2.36. The molecule has 0 aliphatic rings. The first kappa shape index (κ1) is 11.1. The third kappa shape index (κ3) is 2.10. The van der Waals surface area contributed by atoms with Crippen LogP contribution in [-0.4, -0.2) is 10.0 Å². The van der Waals surface area contributed by atoms with E-state index in [1.165, 1.54) is 12.1 Å². The summed E-state index contributed by atoms with van der Waals surface area (Å²) in [6.07, 6.45) is 0. The fourth-order valence-corrected chi connectivity index (χ4v) is 1.84. The molecular weight excluding hydrogens is 218 g/mol. The largest absolute Gasteiger partial charge is 0.508 e. The van der Waals surface area contributed by atoms with Gasteiger partial charge in [-0.3, -0.25) is 10.1 Å². The first-order valence-electron chi connectivity index (χ1n) is 5.13. The number of nitrogens with zero attached hydrogens (tertiary/aromatic N) is 1. The maximum atomic E-state index is 11.1. The molecule has 0 saturated heterocycles. The lowest BCUT2D eigenvalue weighted by Crippen LogP contribution is -1.95. The minimum atomic E-state index is -0.420. The van der Waals surface area contributed by atoms with Crippen molar-refractivity contribution in [1.82, 2.24) is 0 Å². The first-order chi connectivity index (χ1) is 8.09. The molecule has 0 aliphatic carbocycles. The van der Waals surface area contributed by atoms with E-state index >= 15 is 0 Å². The summed E-state index contributed by atoms with van der Waals surface area (Å²) in [5.41, 5.74) is 1.65. The Labute approximate surface area is 98.3 Å². The van der Waals surface area contributed by atoms with Gasteiger partial charge in [0.05, 0.1) is 10.5 Å². The fraction of sp³-hybridized carbons (Fsp3) is 0.0769. The van der Waals surface area contributed by atoms with Crippen LogP contribution in [-0.2, 0) is 0 Å². The van der Waals surface area contributed by atoms with Crippen molar-refractivity contribution in [3.05, 3.63) is 58.1 Å². The number of nitro groups is 1. The predicted molar refractivity (Wildman–Crippen MR) is 64.9 cm³/mol. The summed E-state index contributed by atoms with van der Waals surface area (Å²) in [6.45, 7) is 1.62. The minimum Gasteiger partial charge on any atom is -0.508 e. The molecule has 0 radical (unpaired) electrons. The number of nitro benzene ring substituents is 1. The quantitative estimate of drug-likeness (QED) is 0.634. The summed E-state index contributed by atoms with van der Waals surface area (Å²) >= 11 is 0. The molecule has 0 spiro atoms. The fourth-order valence-electron chi connectivity index (χ4n) is 1.84. The highest BCUT2D eigenvalue weighted by molar-refractivity contribution is 5.76. The van der Waals surface area contributed by atoms with Gasteiger partial charge in [0.25, 0.3) is 5.69 Å². The van der Waals surface area contributed by atoms with Crippen molar-refractivity contribution in [2.45, 2.75) is 6.92 Å². The summed E-state index contributed by atoms with van der Waals surface area (Å²) in [6, 6.07) is 11.8. The lowest BCUT2D eigenvalue weighted by atomic mass is 10.0. The van der Waals surface area contributed by atoms with E-state index in [9.17, 15) is 15.2 Å². The minimum absolute atomic E-state index is 0.0342. The van der Waals surface area contributed by atoms with Gasteiger partial charge in [0.2, 0.25) is 0 Å². The number of aryl methyl sites for hydroxylation is 1. The van der Waals surface area contributed by atoms with E-state index in [1.54, 1.807) is 31.2 Å². The Morgan fingerprint density at radius 1 is 1.18 bits per heavy atom. The highest BCUT2D eigenvalue weighted by Gasteiger charge is 2.19. The Balaban J connectivity index is 2.72. The lowest BCUT2D eigenvalue weighted by molar-refractivity contribution is -0.384. The Morgan fingerprint density at radius 2 is 1.82 bits per heavy atom. The van der Waals surface area contributed by atoms with Crippen molar-refractivity contribution in [3.8, 4) is 16.9 Å². The SMILES string of the molecule is Cc1cc(O)cc(-c2ccccc2)c1[N+](=O)[O-]. The number of aromatic hydroxyl groups is 1. The Kier molecular flexibility index (Phi) is 2.78. The summed E-state index contributed by atoms with van der Waals surface area (Å²) in [7, 11) is 0. The van der Waals surface area contributed by atoms with Gasteiger partial charge < -0.3 is 5.11 Å². The lowest BCUT2D eigenvalue weighted by Gasteiger charge is -2.06. The number of hydrogen-bond donors (Lipinski definition) is 1. The molecule has 0 saturated carbocycles. The van der Waals surface area contributed by atoms with Crippen LogP contribution in [0.25, 0.3) is 11.1 Å². The molecule has 0 bridgehead atoms. The standard InChI is InChI=1S/C13H11NO3/c1-9-7-11(15)8-12(13(9)14(16)17)10-5-3-2-4-6-10/h2-8,15H,1H3. The van der Waals surface area contributed by atoms with Gasteiger partial charge in [-0.25, -0.2) is 0 Å². The van der Waals surface area contributed by atoms with Gasteiger partial charge in [0.1, 0.15) is 5.75 Å². The van der Waals surface area contributed by atoms with Crippen LogP contribution < -0.4 is 0 Å². The van der Waals surface area contributed by atoms with E-state index in [4.69, 9.17) is 0 Å². The zero-order chi connectivity index (χ0) is 12.4. The highest BCUT2D eigenvalue weighted by Crippen LogP contribution is 2.35. The number of benzene rings is 2. The Morgan fingerprint density at radius 3 is 2.41 bits per heavy atom. The van der Waals surface area contributed by atoms with E-state index in [1.807, 2.05) is 6.07 Å². The van der Waals surface area contributed by atoms with E-state index in [0.717, 1.165) is 5.56 Å². The number of rotatable bonds is 2. The van der Waals surface area contributed by atoms with Crippen LogP contribution in [0.4, 0.5) is 5.69 Å². The third-order valence-electron chi connectivity index (χ3n) is 2.55. The molecular formula is C13H11NO3. The van der Waals surface area contributed by atoms with E-state index in [-0.39, 0.29) is 11.4 Å². The van der Waals surface area contributed by atoms with Crippen molar-refractivity contribution in [1.29, 1.82) is 0 Å². The monoisotopic (exact) mass is 229 g/mol. The summed E-state index contributed by atoms with van der Waals surface area (Å²) in [4.78, 5) is 10.6. The van der Waals surface area contributed by atoms with E-state index in [2.05, 4.69) is 0 Å². The van der Waals surface area contributed by atoms with Crippen LogP contribution in [0, 0.1) is 17.0 Å². The summed E-state index contributed by atoms with van der Waals surface area (Å²) in [5.74, 6) is 0.0342. The van der Waals surface area contributed by atoms with Gasteiger partial charge in [0.15, 0.2) is 0 Å². The van der Waals surface area contributed by atoms with Gasteiger partial charge >= 0.3 is 0 Å². The molecule has 0 aliphatic heterocycles. The average molecular weight is 229 g/mol. The van der Waals surface area contributed by atoms with Gasteiger partial charge in [0, 0.05) is 5.56 Å². The molecule has 2 aromatic carbocycles. The Bertz CT molecular complexity index is 564. The summed E-state index contributed by atoms with van der Waals surface area (Å²) < 4.78 is 0. The molecule has 0 atom stereocenters. The third-order valence-corrected chi connectivity index (χ3v) is 2.55. The van der Waals surface area contributed by atoms with Crippen molar-refractivity contribution in [3.63, 3.8) is 0 Å². The second kappa shape index (κ2) is 4.25. The van der Waals surface area contributed by atoms with Crippen LogP contribution in [0.1, 0.15) is 5.56 Å². The van der Waals surface area contributed by atoms with Crippen molar-refractivity contribution >= 4 is 5.69 Å². The zero-order valence-corrected chi connectivity index (χ0v) is 9.25. The second-order valence-corrected chi connectivity index (χ2v) is 3.78. The number of hydrogen-bond acceptors (Lipinski definition) is 3. The smallest absolute Gasteiger partial charge is 0.280 e. The molecule has 0 fully saturated rings. The molecule has 2 aromatic rings. The van der Waals surface area contributed by atoms with Crippen molar-refractivity contribution in [2.75, 3.05) is 0 Å². The topological polar surface area (TPSA) is 63.4 Å². The number of phenols is 1. The van der Waals surface area contributed by atoms with Crippen LogP contribution in [0.3, 0.4) is 0 Å². The van der Waals surface area contributed by atoms with Gasteiger partial charge in [-0.15, -0.1) is 0 Å². The highest BCUT2D eigenvalue weighted by atomic mass is 16.6. The van der Waals surface area contributed by atoms with Crippen molar-refractivity contribution < 1.29 is 10.0 Å². The van der Waals surface area contributed by atoms with E-state index < -0.39 is 4.92 Å². The molecule has 0 amide bonds. The second-order valence-electron chi connectivity index (χ2n) is 3.78. The maximum Gasteiger partial charge on any atom is 0.280 e. The molecule has 17 heavy (non-hydrogen) atoms. The molecule has 4 nitrogen and oxygen atoms in total. The molecule has 0 heterocycles. The normalized spacial score (nSPS) is 10.2. The summed E-state index contributed by atoms with van der Waals surface area (Å²) in [5, 5.41) is 20.6. The van der Waals surface area contributed by atoms with Gasteiger partial charge in [-0.1, -0.05) is 30.3 Å². The predicted octanol–water partition coefficient (Wildman–Crippen LogP) is 3.28. The van der Waals surface area contributed by atoms with Crippen LogP contribution in [0.2, 0.25) is 0 Å². The average Bonchev–Trinajstić information content (AvgIpc) is 2.28. The molecule has 1 N–H and O–H groups in total. The maximum absolute atomic E-state index is 11.1. The molecule has 4 heteroatoms. The van der Waals surface area contributed by atoms with Crippen LogP contribution in [0.5, 0.6) is 5.75 Å². The molecule has 0 unspecified atom stereocenters. The molecule has 2 rings (SSSR count). The zero-order valence-electron chi connectivity index (χ0n) is 9.25. The van der Waals surface area contributed by atoms with Crippen molar-refractivity contribution in [2.24, 2.45) is 0 Å². The van der Waals surface area contributed by atoms with Gasteiger partial charge in [-0.05, 0) is 24.6 Å². The number of phenolic OH excluding ortho intramolecular Hbond substituents is 1. The molecule has 86 valence electrons. The van der Waals surface area contributed by atoms with Gasteiger partial charge in [-0.2, -0.15) is 0 Å². The molecule has 0 aromatic heterocycles. The van der Waals surface area contributed by atoms with Crippen LogP contribution in [0.15, 0.2) is 42.5 Å². The van der Waals surface area contributed by atoms with E-state index in [0.29, 0.717) is 11.1 Å². The van der Waals surface area contributed by atoms with Crippen LogP contribution >= 0.6 is 0 Å².